The zero-order valence-electron chi connectivity index (χ0n) is 11.2. The Balaban J connectivity index is 2.06. The van der Waals surface area contributed by atoms with Crippen molar-refractivity contribution in [1.82, 2.24) is 4.90 Å². The number of rotatable bonds is 4. The Bertz CT molecular complexity index is 569. The molecule has 0 bridgehead atoms. The van der Waals surface area contributed by atoms with Crippen molar-refractivity contribution in [3.05, 3.63) is 65.7 Å². The average Bonchev–Trinajstić information content (AvgIpc) is 2.47. The van der Waals surface area contributed by atoms with Crippen LogP contribution in [0, 0.1) is 0 Å². The molecule has 20 heavy (non-hydrogen) atoms. The highest BCUT2D eigenvalue weighted by molar-refractivity contribution is 6.58. The molecule has 0 aliphatic rings. The normalized spacial score (nSPS) is 10.2. The van der Waals surface area contributed by atoms with Gasteiger partial charge in [-0.15, -0.1) is 0 Å². The van der Waals surface area contributed by atoms with Gasteiger partial charge >= 0.3 is 7.12 Å². The first-order chi connectivity index (χ1) is 9.58. The summed E-state index contributed by atoms with van der Waals surface area (Å²) in [5.41, 5.74) is 1.95. The topological polar surface area (TPSA) is 60.8 Å². The van der Waals surface area contributed by atoms with E-state index in [1.54, 1.807) is 24.1 Å². The van der Waals surface area contributed by atoms with Crippen molar-refractivity contribution in [2.45, 2.75) is 6.54 Å². The Morgan fingerprint density at radius 3 is 2.20 bits per heavy atom. The van der Waals surface area contributed by atoms with E-state index in [4.69, 9.17) is 10.0 Å². The highest BCUT2D eigenvalue weighted by atomic mass is 16.4. The van der Waals surface area contributed by atoms with Crippen LogP contribution in [-0.2, 0) is 6.54 Å². The summed E-state index contributed by atoms with van der Waals surface area (Å²) in [5, 5.41) is 18.0. The van der Waals surface area contributed by atoms with Gasteiger partial charge in [0.15, 0.2) is 0 Å². The standard InChI is InChI=1S/C15H16BNO3/c1-17(11-12-5-3-2-4-6-12)15(18)13-7-9-14(10-8-13)16(19)20/h2-10,19-20H,11H2,1H3. The Morgan fingerprint density at radius 2 is 1.65 bits per heavy atom. The lowest BCUT2D eigenvalue weighted by Gasteiger charge is -2.17. The summed E-state index contributed by atoms with van der Waals surface area (Å²) in [6.45, 7) is 0.532. The van der Waals surface area contributed by atoms with Gasteiger partial charge in [-0.1, -0.05) is 42.5 Å². The molecule has 0 saturated carbocycles. The lowest BCUT2D eigenvalue weighted by atomic mass is 9.80. The summed E-state index contributed by atoms with van der Waals surface area (Å²) in [4.78, 5) is 13.9. The molecule has 102 valence electrons. The maximum absolute atomic E-state index is 12.2. The van der Waals surface area contributed by atoms with Crippen LogP contribution in [-0.4, -0.2) is 35.0 Å². The quantitative estimate of drug-likeness (QED) is 0.801. The summed E-state index contributed by atoms with van der Waals surface area (Å²) in [6, 6.07) is 16.0. The van der Waals surface area contributed by atoms with E-state index in [-0.39, 0.29) is 5.91 Å². The molecule has 0 saturated heterocycles. The van der Waals surface area contributed by atoms with Crippen LogP contribution in [0.1, 0.15) is 15.9 Å². The maximum atomic E-state index is 12.2. The van der Waals surface area contributed by atoms with Gasteiger partial charge in [-0.2, -0.15) is 0 Å². The lowest BCUT2D eigenvalue weighted by molar-refractivity contribution is 0.0785. The monoisotopic (exact) mass is 269 g/mol. The molecule has 0 aliphatic heterocycles. The van der Waals surface area contributed by atoms with E-state index < -0.39 is 7.12 Å². The van der Waals surface area contributed by atoms with Gasteiger partial charge in [0, 0.05) is 19.2 Å². The van der Waals surface area contributed by atoms with Crippen molar-refractivity contribution in [2.75, 3.05) is 7.05 Å². The number of carbonyl (C=O) groups is 1. The molecule has 0 aliphatic carbocycles. The third-order valence-corrected chi connectivity index (χ3v) is 3.07. The summed E-state index contributed by atoms with van der Waals surface area (Å²) in [7, 11) is 0.227. The van der Waals surface area contributed by atoms with Crippen molar-refractivity contribution >= 4 is 18.5 Å². The van der Waals surface area contributed by atoms with Gasteiger partial charge in [-0.05, 0) is 23.2 Å². The number of amides is 1. The highest BCUT2D eigenvalue weighted by Gasteiger charge is 2.14. The minimum atomic E-state index is -1.51. The fraction of sp³-hybridized carbons (Fsp3) is 0.133. The third-order valence-electron chi connectivity index (χ3n) is 3.07. The van der Waals surface area contributed by atoms with E-state index in [1.165, 1.54) is 12.1 Å². The Kier molecular flexibility index (Phi) is 4.55. The summed E-state index contributed by atoms with van der Waals surface area (Å²) >= 11 is 0. The van der Waals surface area contributed by atoms with Gasteiger partial charge in [0.1, 0.15) is 0 Å². The van der Waals surface area contributed by atoms with Gasteiger partial charge in [0.2, 0.25) is 0 Å². The fourth-order valence-electron chi connectivity index (χ4n) is 1.95. The lowest BCUT2D eigenvalue weighted by Crippen LogP contribution is -2.31. The maximum Gasteiger partial charge on any atom is 0.488 e. The number of nitrogens with zero attached hydrogens (tertiary/aromatic N) is 1. The zero-order chi connectivity index (χ0) is 14.5. The molecule has 0 heterocycles. The number of benzene rings is 2. The molecule has 0 unspecified atom stereocenters. The summed E-state index contributed by atoms with van der Waals surface area (Å²) in [6.07, 6.45) is 0. The molecule has 2 aromatic carbocycles. The van der Waals surface area contributed by atoms with Gasteiger partial charge in [0.25, 0.3) is 5.91 Å². The minimum absolute atomic E-state index is 0.104. The molecule has 4 nitrogen and oxygen atoms in total. The Morgan fingerprint density at radius 1 is 1.05 bits per heavy atom. The predicted molar refractivity (Wildman–Crippen MR) is 78.5 cm³/mol. The van der Waals surface area contributed by atoms with Gasteiger partial charge < -0.3 is 14.9 Å². The highest BCUT2D eigenvalue weighted by Crippen LogP contribution is 2.07. The summed E-state index contributed by atoms with van der Waals surface area (Å²) in [5.74, 6) is -0.104. The first kappa shape index (κ1) is 14.3. The van der Waals surface area contributed by atoms with Crippen LogP contribution in [0.3, 0.4) is 0 Å². The van der Waals surface area contributed by atoms with E-state index in [2.05, 4.69) is 0 Å². The third kappa shape index (κ3) is 3.47. The molecule has 0 spiro atoms. The smallest absolute Gasteiger partial charge is 0.423 e. The van der Waals surface area contributed by atoms with Gasteiger partial charge in [-0.25, -0.2) is 0 Å². The van der Waals surface area contributed by atoms with E-state index in [1.807, 2.05) is 30.3 Å². The van der Waals surface area contributed by atoms with Gasteiger partial charge in [-0.3, -0.25) is 4.79 Å². The SMILES string of the molecule is CN(Cc1ccccc1)C(=O)c1ccc(B(O)O)cc1. The second kappa shape index (κ2) is 6.37. The first-order valence-electron chi connectivity index (χ1n) is 6.33. The number of hydrogen-bond donors (Lipinski definition) is 2. The van der Waals surface area contributed by atoms with E-state index in [0.29, 0.717) is 17.6 Å². The molecular weight excluding hydrogens is 253 g/mol. The molecule has 2 aromatic rings. The molecule has 0 aromatic heterocycles. The first-order valence-corrected chi connectivity index (χ1v) is 6.33. The molecule has 1 amide bonds. The van der Waals surface area contributed by atoms with Crippen LogP contribution in [0.15, 0.2) is 54.6 Å². The van der Waals surface area contributed by atoms with Crippen LogP contribution in [0.4, 0.5) is 0 Å². The average molecular weight is 269 g/mol. The molecule has 0 atom stereocenters. The Labute approximate surface area is 118 Å². The van der Waals surface area contributed by atoms with Gasteiger partial charge in [0.05, 0.1) is 0 Å². The number of carbonyl (C=O) groups excluding carboxylic acids is 1. The van der Waals surface area contributed by atoms with Crippen molar-refractivity contribution in [3.63, 3.8) is 0 Å². The minimum Gasteiger partial charge on any atom is -0.423 e. The van der Waals surface area contributed by atoms with Crippen LogP contribution in [0.5, 0.6) is 0 Å². The summed E-state index contributed by atoms with van der Waals surface area (Å²) < 4.78 is 0. The van der Waals surface area contributed by atoms with E-state index >= 15 is 0 Å². The van der Waals surface area contributed by atoms with Crippen LogP contribution >= 0.6 is 0 Å². The molecule has 2 rings (SSSR count). The van der Waals surface area contributed by atoms with Crippen molar-refractivity contribution in [3.8, 4) is 0 Å². The van der Waals surface area contributed by atoms with Crippen molar-refractivity contribution in [2.24, 2.45) is 0 Å². The van der Waals surface area contributed by atoms with E-state index in [0.717, 1.165) is 5.56 Å². The molecular formula is C15H16BNO3. The molecule has 5 heteroatoms. The molecule has 2 N–H and O–H groups in total. The molecule has 0 radical (unpaired) electrons. The zero-order valence-corrected chi connectivity index (χ0v) is 11.2. The molecule has 0 fully saturated rings. The largest absolute Gasteiger partial charge is 0.488 e. The Hall–Kier alpha value is -2.11. The fourth-order valence-corrected chi connectivity index (χ4v) is 1.95. The van der Waals surface area contributed by atoms with Crippen LogP contribution < -0.4 is 5.46 Å². The van der Waals surface area contributed by atoms with Crippen molar-refractivity contribution in [1.29, 1.82) is 0 Å². The predicted octanol–water partition coefficient (Wildman–Crippen LogP) is 0.639. The van der Waals surface area contributed by atoms with Crippen molar-refractivity contribution < 1.29 is 14.8 Å². The number of hydrogen-bond acceptors (Lipinski definition) is 3. The van der Waals surface area contributed by atoms with E-state index in [9.17, 15) is 4.79 Å². The van der Waals surface area contributed by atoms with Crippen LogP contribution in [0.2, 0.25) is 0 Å². The second-order valence-corrected chi connectivity index (χ2v) is 4.64. The second-order valence-electron chi connectivity index (χ2n) is 4.64. The van der Waals surface area contributed by atoms with Crippen LogP contribution in [0.25, 0.3) is 0 Å².